The van der Waals surface area contributed by atoms with Crippen LogP contribution in [0, 0.1) is 12.8 Å². The lowest BCUT2D eigenvalue weighted by Crippen LogP contribution is -2.49. The predicted molar refractivity (Wildman–Crippen MR) is 84.9 cm³/mol. The van der Waals surface area contributed by atoms with Crippen LogP contribution >= 0.6 is 11.3 Å². The Hall–Kier alpha value is -1.66. The maximum atomic E-state index is 12.8. The molecular formula is C16H20N2O3S. The molecule has 1 amide bonds. The number of hydrogen-bond donors (Lipinski definition) is 1. The molecule has 0 spiro atoms. The van der Waals surface area contributed by atoms with Crippen LogP contribution in [0.4, 0.5) is 0 Å². The molecule has 3 rings (SSSR count). The van der Waals surface area contributed by atoms with E-state index >= 15 is 0 Å². The number of aryl methyl sites for hydroxylation is 1. The maximum Gasteiger partial charge on any atom is 0.273 e. The molecule has 3 heterocycles. The maximum absolute atomic E-state index is 12.8. The van der Waals surface area contributed by atoms with Crippen LogP contribution in [-0.4, -0.2) is 40.1 Å². The molecule has 118 valence electrons. The van der Waals surface area contributed by atoms with Crippen LogP contribution in [0.3, 0.4) is 0 Å². The Morgan fingerprint density at radius 3 is 3.09 bits per heavy atom. The smallest absolute Gasteiger partial charge is 0.273 e. The van der Waals surface area contributed by atoms with E-state index in [-0.39, 0.29) is 18.6 Å². The molecule has 1 aliphatic rings. The lowest BCUT2D eigenvalue weighted by molar-refractivity contribution is 0.0353. The van der Waals surface area contributed by atoms with Crippen LogP contribution in [0.15, 0.2) is 22.8 Å². The van der Waals surface area contributed by atoms with E-state index in [0.29, 0.717) is 23.9 Å². The largest absolute Gasteiger partial charge is 0.462 e. The van der Waals surface area contributed by atoms with Gasteiger partial charge in [0.15, 0.2) is 10.8 Å². The van der Waals surface area contributed by atoms with E-state index in [2.05, 4.69) is 11.9 Å². The second-order valence-electron chi connectivity index (χ2n) is 5.77. The second-order valence-corrected chi connectivity index (χ2v) is 6.97. The summed E-state index contributed by atoms with van der Waals surface area (Å²) in [6.07, 6.45) is 3.61. The zero-order valence-corrected chi connectivity index (χ0v) is 13.6. The zero-order chi connectivity index (χ0) is 15.7. The SMILES string of the molecule is Cc1sc(-c2ccco2)nc1C(=O)N1CCCC(C)C1CO. The van der Waals surface area contributed by atoms with Gasteiger partial charge in [-0.05, 0) is 37.8 Å². The van der Waals surface area contributed by atoms with Crippen molar-refractivity contribution in [3.05, 3.63) is 29.0 Å². The van der Waals surface area contributed by atoms with Crippen LogP contribution in [-0.2, 0) is 0 Å². The summed E-state index contributed by atoms with van der Waals surface area (Å²) in [4.78, 5) is 20.0. The highest BCUT2D eigenvalue weighted by Crippen LogP contribution is 2.30. The van der Waals surface area contributed by atoms with Gasteiger partial charge in [-0.3, -0.25) is 4.79 Å². The summed E-state index contributed by atoms with van der Waals surface area (Å²) < 4.78 is 5.36. The predicted octanol–water partition coefficient (Wildman–Crippen LogP) is 2.94. The minimum Gasteiger partial charge on any atom is -0.462 e. The molecule has 0 radical (unpaired) electrons. The standard InChI is InChI=1S/C16H20N2O3S/c1-10-5-3-7-18(12(10)9-19)16(20)14-11(2)22-15(17-14)13-6-4-8-21-13/h4,6,8,10,12,19H,3,5,7,9H2,1-2H3. The van der Waals surface area contributed by atoms with Gasteiger partial charge in [0.1, 0.15) is 5.69 Å². The fourth-order valence-corrected chi connectivity index (χ4v) is 3.89. The van der Waals surface area contributed by atoms with E-state index in [9.17, 15) is 9.90 Å². The van der Waals surface area contributed by atoms with Crippen LogP contribution < -0.4 is 0 Å². The Morgan fingerprint density at radius 1 is 1.59 bits per heavy atom. The van der Waals surface area contributed by atoms with Gasteiger partial charge in [0.05, 0.1) is 18.9 Å². The second kappa shape index (κ2) is 6.22. The van der Waals surface area contributed by atoms with Crippen molar-refractivity contribution in [3.63, 3.8) is 0 Å². The highest BCUT2D eigenvalue weighted by molar-refractivity contribution is 7.15. The van der Waals surface area contributed by atoms with Gasteiger partial charge in [-0.25, -0.2) is 4.98 Å². The zero-order valence-electron chi connectivity index (χ0n) is 12.8. The molecule has 1 saturated heterocycles. The monoisotopic (exact) mass is 320 g/mol. The number of carbonyl (C=O) groups excluding carboxylic acids is 1. The van der Waals surface area contributed by atoms with Crippen molar-refractivity contribution in [2.75, 3.05) is 13.2 Å². The number of likely N-dealkylation sites (tertiary alicyclic amines) is 1. The van der Waals surface area contributed by atoms with Crippen molar-refractivity contribution in [2.45, 2.75) is 32.7 Å². The molecule has 6 heteroatoms. The molecule has 1 aliphatic heterocycles. The van der Waals surface area contributed by atoms with Crippen molar-refractivity contribution in [3.8, 4) is 10.8 Å². The van der Waals surface area contributed by atoms with Crippen LogP contribution in [0.1, 0.15) is 35.1 Å². The number of rotatable bonds is 3. The number of amides is 1. The molecule has 0 saturated carbocycles. The molecule has 0 bridgehead atoms. The van der Waals surface area contributed by atoms with Gasteiger partial charge in [-0.1, -0.05) is 6.92 Å². The summed E-state index contributed by atoms with van der Waals surface area (Å²) in [5.41, 5.74) is 0.476. The number of aliphatic hydroxyl groups is 1. The molecule has 2 aromatic heterocycles. The molecule has 0 aliphatic carbocycles. The number of furan rings is 1. The van der Waals surface area contributed by atoms with E-state index in [1.807, 2.05) is 19.1 Å². The van der Waals surface area contributed by atoms with Crippen molar-refractivity contribution in [1.29, 1.82) is 0 Å². The summed E-state index contributed by atoms with van der Waals surface area (Å²) in [5, 5.41) is 10.3. The third kappa shape index (κ3) is 2.68. The summed E-state index contributed by atoms with van der Waals surface area (Å²) in [6, 6.07) is 3.53. The van der Waals surface area contributed by atoms with Gasteiger partial charge in [-0.2, -0.15) is 0 Å². The third-order valence-electron chi connectivity index (χ3n) is 4.29. The molecule has 5 nitrogen and oxygen atoms in total. The fourth-order valence-electron chi connectivity index (χ4n) is 3.02. The van der Waals surface area contributed by atoms with Crippen molar-refractivity contribution >= 4 is 17.2 Å². The van der Waals surface area contributed by atoms with Gasteiger partial charge in [0.25, 0.3) is 5.91 Å². The fraction of sp³-hybridized carbons (Fsp3) is 0.500. The first-order chi connectivity index (χ1) is 10.6. The first kappa shape index (κ1) is 15.2. The number of hydrogen-bond acceptors (Lipinski definition) is 5. The van der Waals surface area contributed by atoms with Crippen molar-refractivity contribution < 1.29 is 14.3 Å². The number of piperidine rings is 1. The average molecular weight is 320 g/mol. The van der Waals surface area contributed by atoms with Crippen molar-refractivity contribution in [2.24, 2.45) is 5.92 Å². The Labute approximate surface area is 133 Å². The lowest BCUT2D eigenvalue weighted by Gasteiger charge is -2.38. The Balaban J connectivity index is 1.88. The molecule has 1 fully saturated rings. The van der Waals surface area contributed by atoms with Gasteiger partial charge in [0, 0.05) is 11.4 Å². The summed E-state index contributed by atoms with van der Waals surface area (Å²) >= 11 is 1.46. The molecular weight excluding hydrogens is 300 g/mol. The number of nitrogens with zero attached hydrogens (tertiary/aromatic N) is 2. The summed E-state index contributed by atoms with van der Waals surface area (Å²) in [7, 11) is 0. The van der Waals surface area contributed by atoms with E-state index < -0.39 is 0 Å². The van der Waals surface area contributed by atoms with Crippen LogP contribution in [0.2, 0.25) is 0 Å². The minimum atomic E-state index is -0.116. The van der Waals surface area contributed by atoms with Gasteiger partial charge in [-0.15, -0.1) is 11.3 Å². The van der Waals surface area contributed by atoms with Crippen LogP contribution in [0.25, 0.3) is 10.8 Å². The van der Waals surface area contributed by atoms with E-state index in [0.717, 1.165) is 22.7 Å². The number of aliphatic hydroxyl groups excluding tert-OH is 1. The van der Waals surface area contributed by atoms with E-state index in [1.165, 1.54) is 11.3 Å². The normalized spacial score (nSPS) is 22.0. The molecule has 0 aromatic carbocycles. The lowest BCUT2D eigenvalue weighted by atomic mass is 9.91. The van der Waals surface area contributed by atoms with Crippen LogP contribution in [0.5, 0.6) is 0 Å². The quantitative estimate of drug-likeness (QED) is 0.944. The Morgan fingerprint density at radius 2 is 2.41 bits per heavy atom. The molecule has 22 heavy (non-hydrogen) atoms. The molecule has 2 aromatic rings. The topological polar surface area (TPSA) is 66.6 Å². The third-order valence-corrected chi connectivity index (χ3v) is 5.28. The molecule has 2 atom stereocenters. The number of aromatic nitrogens is 1. The van der Waals surface area contributed by atoms with Crippen molar-refractivity contribution in [1.82, 2.24) is 9.88 Å². The summed E-state index contributed by atoms with van der Waals surface area (Å²) in [5.74, 6) is 0.904. The number of carbonyl (C=O) groups is 1. The summed E-state index contributed by atoms with van der Waals surface area (Å²) in [6.45, 7) is 4.67. The number of thiazole rings is 1. The first-order valence-electron chi connectivity index (χ1n) is 7.55. The first-order valence-corrected chi connectivity index (χ1v) is 8.36. The Bertz CT molecular complexity index is 650. The minimum absolute atomic E-state index is 0.00112. The van der Waals surface area contributed by atoms with Gasteiger partial charge >= 0.3 is 0 Å². The highest BCUT2D eigenvalue weighted by Gasteiger charge is 2.33. The van der Waals surface area contributed by atoms with Gasteiger partial charge < -0.3 is 14.4 Å². The van der Waals surface area contributed by atoms with Gasteiger partial charge in [0.2, 0.25) is 0 Å². The molecule has 2 unspecified atom stereocenters. The average Bonchev–Trinajstić information content (AvgIpc) is 3.15. The molecule has 1 N–H and O–H groups in total. The van der Waals surface area contributed by atoms with E-state index in [4.69, 9.17) is 4.42 Å². The van der Waals surface area contributed by atoms with E-state index in [1.54, 1.807) is 11.2 Å². The Kier molecular flexibility index (Phi) is 4.31. The highest BCUT2D eigenvalue weighted by atomic mass is 32.1.